The van der Waals surface area contributed by atoms with Gasteiger partial charge in [-0.05, 0) is 36.4 Å². The van der Waals surface area contributed by atoms with Gasteiger partial charge in [0.05, 0.1) is 28.9 Å². The van der Waals surface area contributed by atoms with Gasteiger partial charge in [-0.2, -0.15) is 0 Å². The summed E-state index contributed by atoms with van der Waals surface area (Å²) in [4.78, 5) is 31.1. The van der Waals surface area contributed by atoms with Crippen LogP contribution in [0.5, 0.6) is 0 Å². The number of para-hydroxylation sites is 1. The molecular formula is C24H29Cl2N5O3. The van der Waals surface area contributed by atoms with Crippen LogP contribution in [0.2, 0.25) is 10.0 Å². The monoisotopic (exact) mass is 505 g/mol. The number of anilines is 3. The minimum Gasteiger partial charge on any atom is -0.379 e. The molecule has 0 unspecified atom stereocenters. The van der Waals surface area contributed by atoms with Crippen molar-refractivity contribution in [2.24, 2.45) is 0 Å². The average molecular weight is 506 g/mol. The van der Waals surface area contributed by atoms with Crippen LogP contribution < -0.4 is 15.5 Å². The summed E-state index contributed by atoms with van der Waals surface area (Å²) in [5.41, 5.74) is 2.27. The first-order valence-electron chi connectivity index (χ1n) is 11.4. The summed E-state index contributed by atoms with van der Waals surface area (Å²) >= 11 is 12.3. The van der Waals surface area contributed by atoms with E-state index in [1.165, 1.54) is 0 Å². The number of halogens is 2. The summed E-state index contributed by atoms with van der Waals surface area (Å²) < 4.78 is 5.34. The van der Waals surface area contributed by atoms with Crippen molar-refractivity contribution in [3.8, 4) is 0 Å². The lowest BCUT2D eigenvalue weighted by atomic mass is 10.2. The fourth-order valence-electron chi connectivity index (χ4n) is 4.03. The van der Waals surface area contributed by atoms with Crippen LogP contribution in [0.1, 0.15) is 6.42 Å². The first-order valence-corrected chi connectivity index (χ1v) is 12.2. The molecule has 0 saturated carbocycles. The van der Waals surface area contributed by atoms with Crippen LogP contribution in [0.15, 0.2) is 42.5 Å². The summed E-state index contributed by atoms with van der Waals surface area (Å²) in [7, 11) is 0. The third kappa shape index (κ3) is 6.54. The zero-order valence-electron chi connectivity index (χ0n) is 18.9. The minimum absolute atomic E-state index is 0.0116. The molecule has 0 bridgehead atoms. The maximum Gasteiger partial charge on any atom is 0.322 e. The summed E-state index contributed by atoms with van der Waals surface area (Å²) in [6, 6.07) is 12.7. The first kappa shape index (κ1) is 24.6. The molecule has 2 aromatic rings. The van der Waals surface area contributed by atoms with Gasteiger partial charge in [0, 0.05) is 63.6 Å². The number of urea groups is 1. The van der Waals surface area contributed by atoms with Crippen LogP contribution in [0.4, 0.5) is 21.9 Å². The number of amides is 3. The van der Waals surface area contributed by atoms with Crippen LogP contribution in [0.25, 0.3) is 0 Å². The molecule has 0 aromatic heterocycles. The number of carbonyl (C=O) groups is 2. The Morgan fingerprint density at radius 3 is 2.15 bits per heavy atom. The molecule has 2 aliphatic rings. The van der Waals surface area contributed by atoms with Crippen molar-refractivity contribution >= 4 is 52.2 Å². The summed E-state index contributed by atoms with van der Waals surface area (Å²) in [5, 5.41) is 6.60. The van der Waals surface area contributed by atoms with Gasteiger partial charge < -0.3 is 25.2 Å². The Morgan fingerprint density at radius 1 is 0.853 bits per heavy atom. The number of hydrogen-bond acceptors (Lipinski definition) is 5. The predicted octanol–water partition coefficient (Wildman–Crippen LogP) is 4.01. The van der Waals surface area contributed by atoms with Crippen LogP contribution >= 0.6 is 23.2 Å². The Bertz CT molecular complexity index is 970. The molecule has 0 aliphatic carbocycles. The van der Waals surface area contributed by atoms with Gasteiger partial charge in [-0.3, -0.25) is 9.69 Å². The third-order valence-corrected chi connectivity index (χ3v) is 6.67. The van der Waals surface area contributed by atoms with E-state index < -0.39 is 0 Å². The SMILES string of the molecule is O=C(CCN1CCOCC1)Nc1ccc(N2CCN(C(=O)Nc3c(Cl)cccc3Cl)CC2)cc1. The number of ether oxygens (including phenoxy) is 1. The number of nitrogens with one attached hydrogen (secondary N) is 2. The van der Waals surface area contributed by atoms with Crippen LogP contribution in [-0.2, 0) is 9.53 Å². The molecule has 2 N–H and O–H groups in total. The molecule has 8 nitrogen and oxygen atoms in total. The van der Waals surface area contributed by atoms with Crippen molar-refractivity contribution in [2.75, 3.05) is 74.6 Å². The molecule has 182 valence electrons. The number of morpholine rings is 1. The highest BCUT2D eigenvalue weighted by Crippen LogP contribution is 2.30. The molecule has 0 atom stereocenters. The number of piperazine rings is 1. The van der Waals surface area contributed by atoms with Gasteiger partial charge in [0.25, 0.3) is 0 Å². The highest BCUT2D eigenvalue weighted by Gasteiger charge is 2.22. The van der Waals surface area contributed by atoms with E-state index >= 15 is 0 Å². The lowest BCUT2D eigenvalue weighted by Gasteiger charge is -2.36. The number of rotatable bonds is 6. The fraction of sp³-hybridized carbons (Fsp3) is 0.417. The predicted molar refractivity (Wildman–Crippen MR) is 136 cm³/mol. The van der Waals surface area contributed by atoms with Crippen LogP contribution in [0.3, 0.4) is 0 Å². The van der Waals surface area contributed by atoms with Gasteiger partial charge in [-0.15, -0.1) is 0 Å². The van der Waals surface area contributed by atoms with E-state index in [9.17, 15) is 9.59 Å². The molecule has 2 heterocycles. The third-order valence-electron chi connectivity index (χ3n) is 6.04. The lowest BCUT2D eigenvalue weighted by Crippen LogP contribution is -2.50. The number of nitrogens with zero attached hydrogens (tertiary/aromatic N) is 3. The summed E-state index contributed by atoms with van der Waals surface area (Å²) in [6.07, 6.45) is 0.463. The highest BCUT2D eigenvalue weighted by atomic mass is 35.5. The second kappa shape index (κ2) is 11.8. The van der Waals surface area contributed by atoms with Crippen molar-refractivity contribution < 1.29 is 14.3 Å². The van der Waals surface area contributed by atoms with Crippen molar-refractivity contribution in [3.63, 3.8) is 0 Å². The van der Waals surface area contributed by atoms with Crippen molar-refractivity contribution in [3.05, 3.63) is 52.5 Å². The van der Waals surface area contributed by atoms with Crippen LogP contribution in [0, 0.1) is 0 Å². The molecule has 2 aromatic carbocycles. The fourth-order valence-corrected chi connectivity index (χ4v) is 4.53. The smallest absolute Gasteiger partial charge is 0.322 e. The Balaban J connectivity index is 1.22. The van der Waals surface area contributed by atoms with Gasteiger partial charge >= 0.3 is 6.03 Å². The topological polar surface area (TPSA) is 77.2 Å². The second-order valence-electron chi connectivity index (χ2n) is 8.30. The largest absolute Gasteiger partial charge is 0.379 e. The molecule has 34 heavy (non-hydrogen) atoms. The minimum atomic E-state index is -0.218. The molecular weight excluding hydrogens is 477 g/mol. The van der Waals surface area contributed by atoms with E-state index in [-0.39, 0.29) is 11.9 Å². The molecule has 10 heteroatoms. The zero-order chi connectivity index (χ0) is 23.9. The van der Waals surface area contributed by atoms with E-state index in [2.05, 4.69) is 20.4 Å². The van der Waals surface area contributed by atoms with Crippen LogP contribution in [-0.4, -0.2) is 80.8 Å². The molecule has 2 aliphatic heterocycles. The molecule has 0 radical (unpaired) electrons. The molecule has 2 saturated heterocycles. The van der Waals surface area contributed by atoms with E-state index in [1.807, 2.05) is 24.3 Å². The van der Waals surface area contributed by atoms with E-state index in [0.717, 1.165) is 44.2 Å². The van der Waals surface area contributed by atoms with Gasteiger partial charge in [-0.25, -0.2) is 4.79 Å². The van der Waals surface area contributed by atoms with Gasteiger partial charge in [0.1, 0.15) is 0 Å². The van der Waals surface area contributed by atoms with Crippen molar-refractivity contribution in [2.45, 2.75) is 6.42 Å². The maximum atomic E-state index is 12.6. The molecule has 4 rings (SSSR count). The number of carbonyl (C=O) groups excluding carboxylic acids is 2. The van der Waals surface area contributed by atoms with Gasteiger partial charge in [-0.1, -0.05) is 29.3 Å². The normalized spacial score (nSPS) is 16.9. The highest BCUT2D eigenvalue weighted by molar-refractivity contribution is 6.39. The van der Waals surface area contributed by atoms with E-state index in [0.29, 0.717) is 48.3 Å². The molecule has 3 amide bonds. The van der Waals surface area contributed by atoms with Crippen molar-refractivity contribution in [1.82, 2.24) is 9.80 Å². The van der Waals surface area contributed by atoms with Crippen molar-refractivity contribution in [1.29, 1.82) is 0 Å². The second-order valence-corrected chi connectivity index (χ2v) is 9.11. The number of hydrogen-bond donors (Lipinski definition) is 2. The van der Waals surface area contributed by atoms with Gasteiger partial charge in [0.15, 0.2) is 0 Å². The summed E-state index contributed by atoms with van der Waals surface area (Å²) in [5.74, 6) is 0.0116. The Labute approximate surface area is 209 Å². The Kier molecular flexibility index (Phi) is 8.50. The number of benzene rings is 2. The first-order chi connectivity index (χ1) is 16.5. The van der Waals surface area contributed by atoms with E-state index in [1.54, 1.807) is 23.1 Å². The standard InChI is InChI=1S/C24H29Cl2N5O3/c25-20-2-1-3-21(26)23(20)28-24(33)31-12-10-30(11-13-31)19-6-4-18(5-7-19)27-22(32)8-9-29-14-16-34-17-15-29/h1-7H,8-17H2,(H,27,32)(H,28,33). The van der Waals surface area contributed by atoms with E-state index in [4.69, 9.17) is 27.9 Å². The van der Waals surface area contributed by atoms with Gasteiger partial charge in [0.2, 0.25) is 5.91 Å². The Hall–Kier alpha value is -2.52. The lowest BCUT2D eigenvalue weighted by molar-refractivity contribution is -0.116. The maximum absolute atomic E-state index is 12.6. The molecule has 2 fully saturated rings. The zero-order valence-corrected chi connectivity index (χ0v) is 20.4. The molecule has 0 spiro atoms. The quantitative estimate of drug-likeness (QED) is 0.620. The summed E-state index contributed by atoms with van der Waals surface area (Å²) in [6.45, 7) is 6.53. The average Bonchev–Trinajstić information content (AvgIpc) is 2.86. The Morgan fingerprint density at radius 2 is 1.50 bits per heavy atom.